The van der Waals surface area contributed by atoms with Gasteiger partial charge in [-0.25, -0.2) is 0 Å². The fraction of sp³-hybridized carbons (Fsp3) is 0.0133. The van der Waals surface area contributed by atoms with Crippen molar-refractivity contribution in [2.24, 2.45) is 0 Å². The second-order valence-corrected chi connectivity index (χ2v) is 20.3. The monoisotopic (exact) mass is 978 g/mol. The Labute approximate surface area is 448 Å². The van der Waals surface area contributed by atoms with Crippen LogP contribution in [-0.4, -0.2) is 4.57 Å². The van der Waals surface area contributed by atoms with Crippen molar-refractivity contribution in [2.75, 3.05) is 4.90 Å². The van der Waals surface area contributed by atoms with Gasteiger partial charge < -0.3 is 9.47 Å². The summed E-state index contributed by atoms with van der Waals surface area (Å²) in [5, 5.41) is 7.36. The van der Waals surface area contributed by atoms with Crippen molar-refractivity contribution in [3.05, 3.63) is 326 Å². The SMILES string of the molecule is c1ccc(-c2ccc(N(c3ccc(-c4cccc(-c5ccc6c(c5)c5ccccc5n6-c5cccc6ccccc56)c4)cc3)c3ccc4c(c3)C(c3ccccc3)(c3ccccc3)c3ccccc3-4)c3ccccc23)cc1. The first-order valence-corrected chi connectivity index (χ1v) is 26.7. The molecular weight excluding hydrogens is 929 g/mol. The molecule has 2 heteroatoms. The van der Waals surface area contributed by atoms with E-state index in [1.54, 1.807) is 0 Å². The Kier molecular flexibility index (Phi) is 10.5. The van der Waals surface area contributed by atoms with Crippen LogP contribution in [0.1, 0.15) is 22.3 Å². The Hall–Kier alpha value is -10.0. The third-order valence-electron chi connectivity index (χ3n) is 16.3. The summed E-state index contributed by atoms with van der Waals surface area (Å²) in [6.45, 7) is 0. The molecule has 0 radical (unpaired) electrons. The van der Waals surface area contributed by atoms with Gasteiger partial charge in [0.15, 0.2) is 0 Å². The largest absolute Gasteiger partial charge is 0.310 e. The molecule has 1 aromatic heterocycles. The molecule has 360 valence electrons. The lowest BCUT2D eigenvalue weighted by atomic mass is 9.67. The van der Waals surface area contributed by atoms with Crippen molar-refractivity contribution in [3.8, 4) is 50.2 Å². The zero-order chi connectivity index (χ0) is 50.9. The van der Waals surface area contributed by atoms with Crippen molar-refractivity contribution in [3.63, 3.8) is 0 Å². The molecule has 0 spiro atoms. The second-order valence-electron chi connectivity index (χ2n) is 20.3. The van der Waals surface area contributed by atoms with Crippen molar-refractivity contribution >= 4 is 60.4 Å². The number of benzene rings is 13. The molecule has 0 saturated carbocycles. The van der Waals surface area contributed by atoms with E-state index < -0.39 is 5.41 Å². The molecule has 14 aromatic rings. The fourth-order valence-corrected chi connectivity index (χ4v) is 12.8. The first-order chi connectivity index (χ1) is 38.2. The average molecular weight is 979 g/mol. The Morgan fingerprint density at radius 1 is 0.273 bits per heavy atom. The smallest absolute Gasteiger partial charge is 0.0714 e. The summed E-state index contributed by atoms with van der Waals surface area (Å²) in [4.78, 5) is 2.48. The van der Waals surface area contributed by atoms with E-state index in [1.165, 1.54) is 110 Å². The van der Waals surface area contributed by atoms with E-state index in [2.05, 4.69) is 313 Å². The molecule has 1 aliphatic carbocycles. The summed E-state index contributed by atoms with van der Waals surface area (Å²) in [6, 6.07) is 112. The van der Waals surface area contributed by atoms with Crippen LogP contribution in [0.4, 0.5) is 17.1 Å². The number of aromatic nitrogens is 1. The molecule has 0 atom stereocenters. The fourth-order valence-electron chi connectivity index (χ4n) is 12.8. The van der Waals surface area contributed by atoms with Crippen LogP contribution in [0.3, 0.4) is 0 Å². The first-order valence-electron chi connectivity index (χ1n) is 26.7. The van der Waals surface area contributed by atoms with E-state index in [9.17, 15) is 0 Å². The van der Waals surface area contributed by atoms with Gasteiger partial charge in [-0.05, 0) is 138 Å². The first kappa shape index (κ1) is 44.5. The summed E-state index contributed by atoms with van der Waals surface area (Å²) in [6.07, 6.45) is 0. The number of hydrogen-bond acceptors (Lipinski definition) is 1. The molecule has 77 heavy (non-hydrogen) atoms. The van der Waals surface area contributed by atoms with E-state index in [1.807, 2.05) is 0 Å². The van der Waals surface area contributed by atoms with Crippen molar-refractivity contribution in [2.45, 2.75) is 5.41 Å². The maximum atomic E-state index is 2.48. The number of rotatable bonds is 9. The molecular formula is C75H50N2. The molecule has 15 rings (SSSR count). The molecule has 0 aliphatic heterocycles. The van der Waals surface area contributed by atoms with Gasteiger partial charge in [-0.1, -0.05) is 243 Å². The standard InChI is InChI=1S/C75H50N2/c1-4-20-52(21-5-1)61-45-47-73(66-33-13-12-31-63(61)66)76(60-43-44-65-64-32-14-16-35-69(64)75(70(65)50-60,57-26-6-2-7-27-57)58-28-8-3-9-29-58)59-41-38-51(39-42-59)54-24-18-25-55(48-54)56-40-46-74-68(49-56)67-34-15-17-36-72(67)77(74)71-37-19-23-53-22-10-11-30-62(53)71/h1-50H. The van der Waals surface area contributed by atoms with Crippen molar-refractivity contribution in [1.82, 2.24) is 4.57 Å². The van der Waals surface area contributed by atoms with Gasteiger partial charge in [0, 0.05) is 32.9 Å². The van der Waals surface area contributed by atoms with E-state index in [0.717, 1.165) is 22.6 Å². The molecule has 1 aliphatic rings. The summed E-state index contributed by atoms with van der Waals surface area (Å²) >= 11 is 0. The Balaban J connectivity index is 0.871. The van der Waals surface area contributed by atoms with Crippen LogP contribution in [0.5, 0.6) is 0 Å². The molecule has 0 saturated heterocycles. The Morgan fingerprint density at radius 2 is 0.805 bits per heavy atom. The lowest BCUT2D eigenvalue weighted by Crippen LogP contribution is -2.28. The summed E-state index contributed by atoms with van der Waals surface area (Å²) in [5.41, 5.74) is 21.1. The van der Waals surface area contributed by atoms with Crippen LogP contribution < -0.4 is 4.90 Å². The second kappa shape index (κ2) is 18.1. The summed E-state index contributed by atoms with van der Waals surface area (Å²) in [7, 11) is 0. The van der Waals surface area contributed by atoms with E-state index in [-0.39, 0.29) is 0 Å². The van der Waals surface area contributed by atoms with Crippen LogP contribution in [0.15, 0.2) is 303 Å². The van der Waals surface area contributed by atoms with Crippen LogP contribution in [-0.2, 0) is 5.41 Å². The molecule has 0 fully saturated rings. The predicted molar refractivity (Wildman–Crippen MR) is 324 cm³/mol. The van der Waals surface area contributed by atoms with E-state index >= 15 is 0 Å². The average Bonchev–Trinajstić information content (AvgIpc) is 4.09. The molecule has 13 aromatic carbocycles. The number of para-hydroxylation sites is 1. The van der Waals surface area contributed by atoms with E-state index in [0.29, 0.717) is 0 Å². The summed E-state index contributed by atoms with van der Waals surface area (Å²) in [5.74, 6) is 0. The number of fused-ring (bicyclic) bond motifs is 8. The quantitative estimate of drug-likeness (QED) is 0.140. The zero-order valence-corrected chi connectivity index (χ0v) is 42.3. The van der Waals surface area contributed by atoms with Crippen LogP contribution in [0.2, 0.25) is 0 Å². The molecule has 0 amide bonds. The predicted octanol–water partition coefficient (Wildman–Crippen LogP) is 19.9. The van der Waals surface area contributed by atoms with Crippen LogP contribution in [0.25, 0.3) is 93.5 Å². The van der Waals surface area contributed by atoms with Crippen LogP contribution >= 0.6 is 0 Å². The van der Waals surface area contributed by atoms with Gasteiger partial charge in [0.2, 0.25) is 0 Å². The normalized spacial score (nSPS) is 12.5. The third-order valence-corrected chi connectivity index (χ3v) is 16.3. The third kappa shape index (κ3) is 7.10. The van der Waals surface area contributed by atoms with Gasteiger partial charge in [0.1, 0.15) is 0 Å². The van der Waals surface area contributed by atoms with Crippen molar-refractivity contribution in [1.29, 1.82) is 0 Å². The highest BCUT2D eigenvalue weighted by Crippen LogP contribution is 2.57. The van der Waals surface area contributed by atoms with Crippen LogP contribution in [0, 0.1) is 0 Å². The highest BCUT2D eigenvalue weighted by atomic mass is 15.1. The number of anilines is 3. The van der Waals surface area contributed by atoms with Gasteiger partial charge in [-0.2, -0.15) is 0 Å². The van der Waals surface area contributed by atoms with Gasteiger partial charge in [-0.15, -0.1) is 0 Å². The topological polar surface area (TPSA) is 8.17 Å². The van der Waals surface area contributed by atoms with Gasteiger partial charge >= 0.3 is 0 Å². The minimum absolute atomic E-state index is 0.539. The lowest BCUT2D eigenvalue weighted by molar-refractivity contribution is 0.768. The molecule has 0 bridgehead atoms. The summed E-state index contributed by atoms with van der Waals surface area (Å²) < 4.78 is 2.43. The van der Waals surface area contributed by atoms with Gasteiger partial charge in [0.25, 0.3) is 0 Å². The maximum Gasteiger partial charge on any atom is 0.0714 e. The van der Waals surface area contributed by atoms with Crippen molar-refractivity contribution < 1.29 is 0 Å². The minimum Gasteiger partial charge on any atom is -0.310 e. The molecule has 2 nitrogen and oxygen atoms in total. The maximum absolute atomic E-state index is 2.48. The molecule has 0 N–H and O–H groups in total. The lowest BCUT2D eigenvalue weighted by Gasteiger charge is -2.35. The molecule has 1 heterocycles. The van der Waals surface area contributed by atoms with E-state index in [4.69, 9.17) is 0 Å². The highest BCUT2D eigenvalue weighted by molar-refractivity contribution is 6.12. The molecule has 0 unspecified atom stereocenters. The van der Waals surface area contributed by atoms with Gasteiger partial charge in [0.05, 0.1) is 27.8 Å². The number of nitrogens with zero attached hydrogens (tertiary/aromatic N) is 2. The van der Waals surface area contributed by atoms with Gasteiger partial charge in [-0.3, -0.25) is 0 Å². The Morgan fingerprint density at radius 3 is 1.58 bits per heavy atom. The zero-order valence-electron chi connectivity index (χ0n) is 42.3. The highest BCUT2D eigenvalue weighted by Gasteiger charge is 2.46. The minimum atomic E-state index is -0.539. The Bertz CT molecular complexity index is 4510. The number of hydrogen-bond donors (Lipinski definition) is 0.